The van der Waals surface area contributed by atoms with Crippen molar-refractivity contribution < 1.29 is 9.31 Å². The molecule has 112 valence electrons. The van der Waals surface area contributed by atoms with Crippen LogP contribution < -0.4 is 5.32 Å². The van der Waals surface area contributed by atoms with E-state index < -0.39 is 10.7 Å². The molecule has 0 fully saturated rings. The minimum absolute atomic E-state index is 0.0618. The molecule has 0 saturated heterocycles. The Hall–Kier alpha value is -1.93. The maximum Gasteiger partial charge on any atom is 0.282 e. The summed E-state index contributed by atoms with van der Waals surface area (Å²) in [6.07, 6.45) is 0. The number of rotatable bonds is 4. The van der Waals surface area contributed by atoms with Crippen LogP contribution in [0, 0.1) is 15.9 Å². The van der Waals surface area contributed by atoms with Crippen LogP contribution in [-0.4, -0.2) is 20.7 Å². The Balaban J connectivity index is 2.28. The molecule has 2 aromatic rings. The molecule has 0 bridgehead atoms. The molecule has 6 nitrogen and oxygen atoms in total. The number of aromatic nitrogens is 2. The minimum Gasteiger partial charge on any atom is -0.306 e. The molecular weight excluding hydrogens is 295 g/mol. The molecule has 0 unspecified atom stereocenters. The monoisotopic (exact) mass is 310 g/mol. The van der Waals surface area contributed by atoms with Crippen LogP contribution in [0.15, 0.2) is 18.2 Å². The summed E-state index contributed by atoms with van der Waals surface area (Å²) in [5, 5.41) is 23.4. The molecule has 0 radical (unpaired) electrons. The zero-order valence-electron chi connectivity index (χ0n) is 11.9. The first-order valence-corrected chi connectivity index (χ1v) is 7.09. The van der Waals surface area contributed by atoms with E-state index in [4.69, 9.17) is 0 Å². The Labute approximate surface area is 125 Å². The van der Waals surface area contributed by atoms with Gasteiger partial charge in [0, 0.05) is 5.54 Å². The summed E-state index contributed by atoms with van der Waals surface area (Å²) in [5.74, 6) is -0.649. The fourth-order valence-corrected chi connectivity index (χ4v) is 2.42. The van der Waals surface area contributed by atoms with Crippen molar-refractivity contribution in [2.75, 3.05) is 0 Å². The fourth-order valence-electron chi connectivity index (χ4n) is 1.61. The van der Waals surface area contributed by atoms with Gasteiger partial charge in [0.05, 0.1) is 23.1 Å². The van der Waals surface area contributed by atoms with Gasteiger partial charge in [-0.25, -0.2) is 4.39 Å². The molecule has 0 spiro atoms. The predicted molar refractivity (Wildman–Crippen MR) is 78.6 cm³/mol. The first-order valence-electron chi connectivity index (χ1n) is 6.28. The number of hydrogen-bond acceptors (Lipinski definition) is 6. The largest absolute Gasteiger partial charge is 0.306 e. The summed E-state index contributed by atoms with van der Waals surface area (Å²) in [7, 11) is 0. The minimum atomic E-state index is -0.649. The van der Waals surface area contributed by atoms with Crippen molar-refractivity contribution in [3.8, 4) is 10.6 Å². The summed E-state index contributed by atoms with van der Waals surface area (Å²) in [5.41, 5.74) is -0.0874. The Morgan fingerprint density at radius 3 is 2.71 bits per heavy atom. The second-order valence-electron chi connectivity index (χ2n) is 5.52. The SMILES string of the molecule is CC(C)(C)NCc1nnc(-c2ccc(F)cc2[N+](=O)[O-])s1. The Morgan fingerprint density at radius 2 is 2.10 bits per heavy atom. The van der Waals surface area contributed by atoms with Gasteiger partial charge in [0.1, 0.15) is 10.8 Å². The Bertz CT molecular complexity index is 666. The van der Waals surface area contributed by atoms with Gasteiger partial charge in [0.25, 0.3) is 5.69 Å². The molecule has 0 saturated carbocycles. The number of nitrogens with zero attached hydrogens (tertiary/aromatic N) is 3. The van der Waals surface area contributed by atoms with Crippen molar-refractivity contribution in [1.82, 2.24) is 15.5 Å². The average Bonchev–Trinajstić information content (AvgIpc) is 2.84. The van der Waals surface area contributed by atoms with Gasteiger partial charge in [0.2, 0.25) is 0 Å². The molecule has 0 amide bonds. The zero-order chi connectivity index (χ0) is 15.6. The van der Waals surface area contributed by atoms with Crippen LogP contribution >= 0.6 is 11.3 Å². The van der Waals surface area contributed by atoms with Crippen LogP contribution in [0.25, 0.3) is 10.6 Å². The van der Waals surface area contributed by atoms with Gasteiger partial charge in [-0.1, -0.05) is 11.3 Å². The number of nitro benzene ring substituents is 1. The molecule has 1 heterocycles. The zero-order valence-corrected chi connectivity index (χ0v) is 12.7. The summed E-state index contributed by atoms with van der Waals surface area (Å²) < 4.78 is 13.1. The molecule has 1 aromatic carbocycles. The number of benzene rings is 1. The number of nitro groups is 1. The number of hydrogen-bond donors (Lipinski definition) is 1. The highest BCUT2D eigenvalue weighted by Gasteiger charge is 2.20. The van der Waals surface area contributed by atoms with Crippen molar-refractivity contribution in [1.29, 1.82) is 0 Å². The molecule has 0 aliphatic carbocycles. The predicted octanol–water partition coefficient (Wildman–Crippen LogP) is 3.14. The second kappa shape index (κ2) is 5.82. The first kappa shape index (κ1) is 15.5. The maximum absolute atomic E-state index is 13.1. The average molecular weight is 310 g/mol. The third-order valence-corrected chi connectivity index (χ3v) is 3.58. The van der Waals surface area contributed by atoms with Crippen molar-refractivity contribution in [2.45, 2.75) is 32.9 Å². The summed E-state index contributed by atoms with van der Waals surface area (Å²) in [6.45, 7) is 6.61. The topological polar surface area (TPSA) is 81.0 Å². The molecule has 1 N–H and O–H groups in total. The van der Waals surface area contributed by atoms with E-state index >= 15 is 0 Å². The van der Waals surface area contributed by atoms with Crippen LogP contribution in [0.4, 0.5) is 10.1 Å². The van der Waals surface area contributed by atoms with E-state index in [-0.39, 0.29) is 16.8 Å². The Kier molecular flexibility index (Phi) is 4.29. The summed E-state index contributed by atoms with van der Waals surface area (Å²) in [4.78, 5) is 10.4. The highest BCUT2D eigenvalue weighted by Crippen LogP contribution is 2.32. The highest BCUT2D eigenvalue weighted by atomic mass is 32.1. The van der Waals surface area contributed by atoms with Gasteiger partial charge < -0.3 is 5.32 Å². The number of halogens is 1. The van der Waals surface area contributed by atoms with Gasteiger partial charge in [-0.15, -0.1) is 10.2 Å². The molecule has 0 atom stereocenters. The van der Waals surface area contributed by atoms with Gasteiger partial charge >= 0.3 is 0 Å². The smallest absolute Gasteiger partial charge is 0.282 e. The standard InChI is InChI=1S/C13H15FN4O2S/c1-13(2,3)15-7-11-16-17-12(21-11)9-5-4-8(14)6-10(9)18(19)20/h4-6,15H,7H2,1-3H3. The van der Waals surface area contributed by atoms with Crippen molar-refractivity contribution in [3.05, 3.63) is 39.1 Å². The molecule has 2 rings (SSSR count). The van der Waals surface area contributed by atoms with Crippen LogP contribution in [0.5, 0.6) is 0 Å². The fraction of sp³-hybridized carbons (Fsp3) is 0.385. The lowest BCUT2D eigenvalue weighted by atomic mass is 10.1. The molecule has 0 aliphatic rings. The molecule has 8 heteroatoms. The van der Waals surface area contributed by atoms with E-state index in [1.807, 2.05) is 20.8 Å². The maximum atomic E-state index is 13.1. The van der Waals surface area contributed by atoms with E-state index in [2.05, 4.69) is 15.5 Å². The van der Waals surface area contributed by atoms with Crippen LogP contribution in [0.2, 0.25) is 0 Å². The van der Waals surface area contributed by atoms with Gasteiger partial charge in [-0.05, 0) is 32.9 Å². The lowest BCUT2D eigenvalue weighted by Gasteiger charge is -2.19. The van der Waals surface area contributed by atoms with Gasteiger partial charge in [-0.3, -0.25) is 10.1 Å². The van der Waals surface area contributed by atoms with Crippen LogP contribution in [0.3, 0.4) is 0 Å². The quantitative estimate of drug-likeness (QED) is 0.693. The lowest BCUT2D eigenvalue weighted by Crippen LogP contribution is -2.35. The lowest BCUT2D eigenvalue weighted by molar-refractivity contribution is -0.384. The van der Waals surface area contributed by atoms with Crippen molar-refractivity contribution in [2.24, 2.45) is 0 Å². The summed E-state index contributed by atoms with van der Waals surface area (Å²) in [6, 6.07) is 3.43. The van der Waals surface area contributed by atoms with E-state index in [1.165, 1.54) is 23.5 Å². The highest BCUT2D eigenvalue weighted by molar-refractivity contribution is 7.14. The second-order valence-corrected chi connectivity index (χ2v) is 6.59. The van der Waals surface area contributed by atoms with Crippen LogP contribution in [0.1, 0.15) is 25.8 Å². The molecule has 0 aliphatic heterocycles. The third kappa shape index (κ3) is 4.02. The van der Waals surface area contributed by atoms with E-state index in [1.54, 1.807) is 0 Å². The van der Waals surface area contributed by atoms with E-state index in [9.17, 15) is 14.5 Å². The van der Waals surface area contributed by atoms with E-state index in [0.29, 0.717) is 11.6 Å². The van der Waals surface area contributed by atoms with Crippen LogP contribution in [-0.2, 0) is 6.54 Å². The van der Waals surface area contributed by atoms with E-state index in [0.717, 1.165) is 11.1 Å². The van der Waals surface area contributed by atoms with Gasteiger partial charge in [-0.2, -0.15) is 0 Å². The molecule has 1 aromatic heterocycles. The first-order chi connectivity index (χ1) is 9.76. The van der Waals surface area contributed by atoms with Crippen molar-refractivity contribution in [3.63, 3.8) is 0 Å². The Morgan fingerprint density at radius 1 is 1.38 bits per heavy atom. The third-order valence-electron chi connectivity index (χ3n) is 2.62. The molecular formula is C13H15FN4O2S. The molecule has 21 heavy (non-hydrogen) atoms. The number of nitrogens with one attached hydrogen (secondary N) is 1. The van der Waals surface area contributed by atoms with Gasteiger partial charge in [0.15, 0.2) is 5.01 Å². The summed E-state index contributed by atoms with van der Waals surface area (Å²) >= 11 is 1.25. The van der Waals surface area contributed by atoms with Crippen molar-refractivity contribution >= 4 is 17.0 Å². The normalized spacial score (nSPS) is 11.6.